The molecule has 0 bridgehead atoms. The monoisotopic (exact) mass is 303 g/mol. The fourth-order valence-corrected chi connectivity index (χ4v) is 2.70. The van der Waals surface area contributed by atoms with Crippen LogP contribution in [0.5, 0.6) is 5.75 Å². The van der Waals surface area contributed by atoms with Crippen LogP contribution in [-0.4, -0.2) is 54.8 Å². The number of benzene rings is 1. The van der Waals surface area contributed by atoms with Crippen molar-refractivity contribution in [2.75, 3.05) is 26.2 Å². The molecule has 1 fully saturated rings. The summed E-state index contributed by atoms with van der Waals surface area (Å²) in [6.45, 7) is 0.256. The second-order valence-corrected chi connectivity index (χ2v) is 5.92. The molecule has 0 radical (unpaired) electrons. The third-order valence-electron chi connectivity index (χ3n) is 3.09. The number of rotatable bonds is 2. The van der Waals surface area contributed by atoms with Gasteiger partial charge >= 0.3 is 0 Å². The number of carbonyl (C=O) groups is 1. The molecule has 0 unspecified atom stereocenters. The molecule has 1 amide bonds. The standard InChI is InChI=1S/C11H14FN3O4S/c12-8-2-1-3-9(16)10(8)11(17)14-4-6-15(7-5-14)20(13,18)19/h1-3,16H,4-7H2,(H2,13,18,19). The molecule has 1 aliphatic rings. The van der Waals surface area contributed by atoms with Gasteiger partial charge in [-0.1, -0.05) is 6.07 Å². The number of amides is 1. The SMILES string of the molecule is NS(=O)(=O)N1CCN(C(=O)c2c(O)cccc2F)CC1. The fourth-order valence-electron chi connectivity index (χ4n) is 2.03. The highest BCUT2D eigenvalue weighted by Crippen LogP contribution is 2.22. The zero-order valence-electron chi connectivity index (χ0n) is 10.5. The number of halogens is 1. The Morgan fingerprint density at radius 2 is 1.85 bits per heavy atom. The highest BCUT2D eigenvalue weighted by Gasteiger charge is 2.29. The van der Waals surface area contributed by atoms with E-state index in [2.05, 4.69) is 0 Å². The van der Waals surface area contributed by atoms with E-state index in [1.54, 1.807) is 0 Å². The second-order valence-electron chi connectivity index (χ2n) is 4.37. The lowest BCUT2D eigenvalue weighted by Gasteiger charge is -2.33. The Labute approximate surface area is 115 Å². The number of nitrogens with two attached hydrogens (primary N) is 1. The number of piperazine rings is 1. The predicted molar refractivity (Wildman–Crippen MR) is 68.6 cm³/mol. The summed E-state index contributed by atoms with van der Waals surface area (Å²) in [5.41, 5.74) is -0.406. The van der Waals surface area contributed by atoms with Crippen LogP contribution in [0.1, 0.15) is 10.4 Å². The van der Waals surface area contributed by atoms with Crippen molar-refractivity contribution in [2.24, 2.45) is 5.14 Å². The molecule has 1 aromatic rings. The van der Waals surface area contributed by atoms with Crippen LogP contribution in [0.4, 0.5) is 4.39 Å². The van der Waals surface area contributed by atoms with E-state index in [1.165, 1.54) is 17.0 Å². The highest BCUT2D eigenvalue weighted by atomic mass is 32.2. The third kappa shape index (κ3) is 2.89. The van der Waals surface area contributed by atoms with Crippen LogP contribution in [0.2, 0.25) is 0 Å². The molecule has 1 aliphatic heterocycles. The Morgan fingerprint density at radius 3 is 2.35 bits per heavy atom. The minimum absolute atomic E-state index is 0.0415. The lowest BCUT2D eigenvalue weighted by atomic mass is 10.1. The fraction of sp³-hybridized carbons (Fsp3) is 0.364. The van der Waals surface area contributed by atoms with E-state index in [1.807, 2.05) is 0 Å². The first-order valence-electron chi connectivity index (χ1n) is 5.85. The summed E-state index contributed by atoms with van der Waals surface area (Å²) in [4.78, 5) is 13.4. The molecule has 20 heavy (non-hydrogen) atoms. The maximum Gasteiger partial charge on any atom is 0.277 e. The van der Waals surface area contributed by atoms with Gasteiger partial charge in [-0.3, -0.25) is 4.79 Å². The van der Waals surface area contributed by atoms with E-state index in [0.717, 1.165) is 10.4 Å². The van der Waals surface area contributed by atoms with E-state index in [4.69, 9.17) is 5.14 Å². The number of nitrogens with zero attached hydrogens (tertiary/aromatic N) is 2. The number of aromatic hydroxyl groups is 1. The molecule has 1 aromatic carbocycles. The Kier molecular flexibility index (Phi) is 3.93. The topological polar surface area (TPSA) is 104 Å². The van der Waals surface area contributed by atoms with Gasteiger partial charge < -0.3 is 10.0 Å². The van der Waals surface area contributed by atoms with Gasteiger partial charge in [-0.15, -0.1) is 0 Å². The summed E-state index contributed by atoms with van der Waals surface area (Å²) in [5.74, 6) is -1.93. The summed E-state index contributed by atoms with van der Waals surface area (Å²) >= 11 is 0. The molecule has 0 aliphatic carbocycles. The summed E-state index contributed by atoms with van der Waals surface area (Å²) in [6.07, 6.45) is 0. The lowest BCUT2D eigenvalue weighted by molar-refractivity contribution is 0.0690. The van der Waals surface area contributed by atoms with Crippen molar-refractivity contribution in [3.63, 3.8) is 0 Å². The quantitative estimate of drug-likeness (QED) is 0.768. The maximum absolute atomic E-state index is 13.6. The Balaban J connectivity index is 2.13. The Bertz CT molecular complexity index is 606. The largest absolute Gasteiger partial charge is 0.507 e. The summed E-state index contributed by atoms with van der Waals surface area (Å²) < 4.78 is 36.9. The number of phenols is 1. The minimum Gasteiger partial charge on any atom is -0.507 e. The third-order valence-corrected chi connectivity index (χ3v) is 4.18. The second kappa shape index (κ2) is 5.35. The molecule has 1 heterocycles. The normalized spacial score (nSPS) is 17.2. The molecular weight excluding hydrogens is 289 g/mol. The zero-order valence-corrected chi connectivity index (χ0v) is 11.3. The van der Waals surface area contributed by atoms with E-state index < -0.39 is 33.2 Å². The number of hydrogen-bond donors (Lipinski definition) is 2. The number of carbonyl (C=O) groups excluding carboxylic acids is 1. The van der Waals surface area contributed by atoms with Gasteiger partial charge in [0.05, 0.1) is 0 Å². The van der Waals surface area contributed by atoms with Crippen LogP contribution in [-0.2, 0) is 10.2 Å². The van der Waals surface area contributed by atoms with Crippen molar-refractivity contribution < 1.29 is 22.7 Å². The molecule has 110 valence electrons. The average molecular weight is 303 g/mol. The van der Waals surface area contributed by atoms with Crippen molar-refractivity contribution in [2.45, 2.75) is 0 Å². The van der Waals surface area contributed by atoms with E-state index in [-0.39, 0.29) is 26.2 Å². The lowest BCUT2D eigenvalue weighted by Crippen LogP contribution is -2.52. The predicted octanol–water partition coefficient (Wildman–Crippen LogP) is -0.507. The van der Waals surface area contributed by atoms with Crippen LogP contribution in [0.25, 0.3) is 0 Å². The van der Waals surface area contributed by atoms with Crippen molar-refractivity contribution in [1.82, 2.24) is 9.21 Å². The van der Waals surface area contributed by atoms with Gasteiger partial charge in [-0.2, -0.15) is 12.7 Å². The van der Waals surface area contributed by atoms with Crippen LogP contribution >= 0.6 is 0 Å². The first kappa shape index (κ1) is 14.7. The van der Waals surface area contributed by atoms with Gasteiger partial charge in [-0.05, 0) is 12.1 Å². The van der Waals surface area contributed by atoms with Crippen molar-refractivity contribution >= 4 is 16.1 Å². The molecule has 0 saturated carbocycles. The number of phenolic OH excluding ortho intramolecular Hbond substituents is 1. The molecule has 9 heteroatoms. The van der Waals surface area contributed by atoms with Gasteiger partial charge in [-0.25, -0.2) is 9.53 Å². The van der Waals surface area contributed by atoms with Crippen LogP contribution < -0.4 is 5.14 Å². The van der Waals surface area contributed by atoms with Crippen LogP contribution in [0.3, 0.4) is 0 Å². The van der Waals surface area contributed by atoms with Crippen molar-refractivity contribution in [1.29, 1.82) is 0 Å². The zero-order chi connectivity index (χ0) is 14.9. The first-order valence-corrected chi connectivity index (χ1v) is 7.35. The molecular formula is C11H14FN3O4S. The molecule has 3 N–H and O–H groups in total. The van der Waals surface area contributed by atoms with Crippen molar-refractivity contribution in [3.8, 4) is 5.75 Å². The molecule has 0 aromatic heterocycles. The van der Waals surface area contributed by atoms with E-state index >= 15 is 0 Å². The minimum atomic E-state index is -3.78. The smallest absolute Gasteiger partial charge is 0.277 e. The Morgan fingerprint density at radius 1 is 1.25 bits per heavy atom. The van der Waals surface area contributed by atoms with Gasteiger partial charge in [0.15, 0.2) is 0 Å². The molecule has 0 spiro atoms. The van der Waals surface area contributed by atoms with Gasteiger partial charge in [0.1, 0.15) is 17.1 Å². The van der Waals surface area contributed by atoms with Crippen LogP contribution in [0, 0.1) is 5.82 Å². The highest BCUT2D eigenvalue weighted by molar-refractivity contribution is 7.86. The summed E-state index contributed by atoms with van der Waals surface area (Å²) in [6, 6.07) is 3.59. The summed E-state index contributed by atoms with van der Waals surface area (Å²) in [5, 5.41) is 14.5. The van der Waals surface area contributed by atoms with E-state index in [9.17, 15) is 22.7 Å². The van der Waals surface area contributed by atoms with Gasteiger partial charge in [0.2, 0.25) is 0 Å². The van der Waals surface area contributed by atoms with Gasteiger partial charge in [0.25, 0.3) is 16.1 Å². The summed E-state index contributed by atoms with van der Waals surface area (Å²) in [7, 11) is -3.78. The molecule has 2 rings (SSSR count). The Hall–Kier alpha value is -1.71. The number of hydrogen-bond acceptors (Lipinski definition) is 4. The molecule has 1 saturated heterocycles. The first-order chi connectivity index (χ1) is 9.30. The van der Waals surface area contributed by atoms with Crippen LogP contribution in [0.15, 0.2) is 18.2 Å². The molecule has 7 nitrogen and oxygen atoms in total. The maximum atomic E-state index is 13.6. The average Bonchev–Trinajstić information content (AvgIpc) is 2.37. The van der Waals surface area contributed by atoms with E-state index in [0.29, 0.717) is 0 Å². The molecule has 0 atom stereocenters. The van der Waals surface area contributed by atoms with Crippen molar-refractivity contribution in [3.05, 3.63) is 29.6 Å². The van der Waals surface area contributed by atoms with Gasteiger partial charge in [0, 0.05) is 26.2 Å².